The Labute approximate surface area is 107 Å². The van der Waals surface area contributed by atoms with Crippen LogP contribution in [0.5, 0.6) is 0 Å². The van der Waals surface area contributed by atoms with Gasteiger partial charge in [0.05, 0.1) is 11.3 Å². The summed E-state index contributed by atoms with van der Waals surface area (Å²) in [5, 5.41) is 3.01. The monoisotopic (exact) mass is 242 g/mol. The number of amides is 1. The standard InChI is InChI=1S/C15H18N2O/c18-15-13-6-2-5-12-11-4-1-3-10(11)9-17(14(12)13)8-7-16-15/h2,5-6,10-11H,1,3-4,7-9H2,(H,16,18). The van der Waals surface area contributed by atoms with E-state index in [1.54, 1.807) is 0 Å². The normalized spacial score (nSPS) is 29.3. The van der Waals surface area contributed by atoms with Crippen LogP contribution in [0.2, 0.25) is 0 Å². The number of nitrogens with one attached hydrogen (secondary N) is 1. The van der Waals surface area contributed by atoms with Crippen molar-refractivity contribution in [1.29, 1.82) is 0 Å². The first-order valence-corrected chi connectivity index (χ1v) is 7.00. The number of carbonyl (C=O) groups is 1. The van der Waals surface area contributed by atoms with Gasteiger partial charge in [-0.1, -0.05) is 18.6 Å². The average molecular weight is 242 g/mol. The van der Waals surface area contributed by atoms with Crippen LogP contribution >= 0.6 is 0 Å². The van der Waals surface area contributed by atoms with E-state index in [9.17, 15) is 4.79 Å². The maximum Gasteiger partial charge on any atom is 0.253 e. The Morgan fingerprint density at radius 1 is 1.28 bits per heavy atom. The van der Waals surface area contributed by atoms with Crippen molar-refractivity contribution in [1.82, 2.24) is 5.32 Å². The maximum atomic E-state index is 12.1. The highest BCUT2D eigenvalue weighted by Gasteiger charge is 2.38. The van der Waals surface area contributed by atoms with Crippen molar-refractivity contribution in [2.45, 2.75) is 25.2 Å². The zero-order valence-electron chi connectivity index (χ0n) is 10.5. The van der Waals surface area contributed by atoms with E-state index < -0.39 is 0 Å². The third-order valence-electron chi connectivity index (χ3n) is 4.81. The Balaban J connectivity index is 1.92. The smallest absolute Gasteiger partial charge is 0.253 e. The van der Waals surface area contributed by atoms with E-state index in [0.29, 0.717) is 5.92 Å². The number of para-hydroxylation sites is 1. The summed E-state index contributed by atoms with van der Waals surface area (Å²) in [5.41, 5.74) is 3.55. The molecule has 1 fully saturated rings. The number of hydrogen-bond donors (Lipinski definition) is 1. The van der Waals surface area contributed by atoms with Crippen LogP contribution in [0, 0.1) is 5.92 Å². The van der Waals surface area contributed by atoms with Crippen molar-refractivity contribution in [3.8, 4) is 0 Å². The second-order valence-corrected chi connectivity index (χ2v) is 5.74. The molecule has 2 aliphatic heterocycles. The van der Waals surface area contributed by atoms with Gasteiger partial charge in [0.2, 0.25) is 0 Å². The topological polar surface area (TPSA) is 32.3 Å². The predicted molar refractivity (Wildman–Crippen MR) is 71.1 cm³/mol. The summed E-state index contributed by atoms with van der Waals surface area (Å²) < 4.78 is 0. The summed E-state index contributed by atoms with van der Waals surface area (Å²) in [7, 11) is 0. The molecular weight excluding hydrogens is 224 g/mol. The summed E-state index contributed by atoms with van der Waals surface area (Å²) in [4.78, 5) is 14.5. The molecule has 1 N–H and O–H groups in total. The van der Waals surface area contributed by atoms with Crippen molar-refractivity contribution in [3.63, 3.8) is 0 Å². The van der Waals surface area contributed by atoms with Crippen molar-refractivity contribution in [2.75, 3.05) is 24.5 Å². The number of hydrogen-bond acceptors (Lipinski definition) is 2. The van der Waals surface area contributed by atoms with Gasteiger partial charge in [-0.25, -0.2) is 0 Å². The fraction of sp³-hybridized carbons (Fsp3) is 0.533. The molecule has 1 aromatic carbocycles. The molecule has 0 aromatic heterocycles. The molecule has 2 unspecified atom stereocenters. The molecule has 0 saturated heterocycles. The van der Waals surface area contributed by atoms with Gasteiger partial charge in [0.15, 0.2) is 0 Å². The molecule has 1 aliphatic carbocycles. The first-order chi connectivity index (χ1) is 8.84. The van der Waals surface area contributed by atoms with Gasteiger partial charge in [-0.15, -0.1) is 0 Å². The van der Waals surface area contributed by atoms with Crippen molar-refractivity contribution < 1.29 is 4.79 Å². The lowest BCUT2D eigenvalue weighted by molar-refractivity contribution is 0.0958. The lowest BCUT2D eigenvalue weighted by Gasteiger charge is -2.38. The van der Waals surface area contributed by atoms with Crippen LogP contribution in [0.25, 0.3) is 0 Å². The third-order valence-corrected chi connectivity index (χ3v) is 4.81. The Kier molecular flexibility index (Phi) is 2.16. The van der Waals surface area contributed by atoms with Crippen LogP contribution < -0.4 is 10.2 Å². The second kappa shape index (κ2) is 3.74. The fourth-order valence-corrected chi connectivity index (χ4v) is 4.04. The molecule has 1 aromatic rings. The van der Waals surface area contributed by atoms with Gasteiger partial charge in [0.1, 0.15) is 0 Å². The average Bonchev–Trinajstić information content (AvgIpc) is 2.79. The van der Waals surface area contributed by atoms with E-state index in [4.69, 9.17) is 0 Å². The molecule has 1 saturated carbocycles. The van der Waals surface area contributed by atoms with Gasteiger partial charge in [-0.3, -0.25) is 4.79 Å². The Hall–Kier alpha value is -1.51. The Morgan fingerprint density at radius 2 is 2.22 bits per heavy atom. The quantitative estimate of drug-likeness (QED) is 0.756. The molecule has 4 rings (SSSR count). The van der Waals surface area contributed by atoms with Crippen molar-refractivity contribution in [3.05, 3.63) is 29.3 Å². The summed E-state index contributed by atoms with van der Waals surface area (Å²) in [6, 6.07) is 6.27. The Bertz CT molecular complexity index is 511. The predicted octanol–water partition coefficient (Wildman–Crippen LogP) is 2.13. The number of rotatable bonds is 0. The van der Waals surface area contributed by atoms with E-state index in [1.807, 2.05) is 6.07 Å². The molecule has 3 heteroatoms. The fourth-order valence-electron chi connectivity index (χ4n) is 4.04. The van der Waals surface area contributed by atoms with Gasteiger partial charge >= 0.3 is 0 Å². The third kappa shape index (κ3) is 1.33. The summed E-state index contributed by atoms with van der Waals surface area (Å²) in [6.07, 6.45) is 4.00. The SMILES string of the molecule is O=C1NCCN2CC3CCCC3c3cccc1c32. The minimum Gasteiger partial charge on any atom is -0.369 e. The molecule has 0 bridgehead atoms. The molecule has 1 amide bonds. The van der Waals surface area contributed by atoms with Crippen LogP contribution in [0.15, 0.2) is 18.2 Å². The largest absolute Gasteiger partial charge is 0.369 e. The molecule has 18 heavy (non-hydrogen) atoms. The highest BCUT2D eigenvalue weighted by atomic mass is 16.1. The van der Waals surface area contributed by atoms with Crippen molar-refractivity contribution in [2.24, 2.45) is 5.92 Å². The summed E-state index contributed by atoms with van der Waals surface area (Å²) in [5.74, 6) is 1.61. The first kappa shape index (κ1) is 10.4. The van der Waals surface area contributed by atoms with Crippen LogP contribution in [0.1, 0.15) is 41.1 Å². The highest BCUT2D eigenvalue weighted by Crippen LogP contribution is 2.48. The highest BCUT2D eigenvalue weighted by molar-refractivity contribution is 6.01. The molecule has 2 heterocycles. The lowest BCUT2D eigenvalue weighted by atomic mass is 9.82. The minimum absolute atomic E-state index is 0.103. The van der Waals surface area contributed by atoms with E-state index >= 15 is 0 Å². The van der Waals surface area contributed by atoms with Crippen LogP contribution in [-0.4, -0.2) is 25.5 Å². The lowest BCUT2D eigenvalue weighted by Crippen LogP contribution is -2.38. The zero-order chi connectivity index (χ0) is 12.1. The van der Waals surface area contributed by atoms with E-state index in [0.717, 1.165) is 31.1 Å². The number of benzene rings is 1. The number of nitrogens with zero attached hydrogens (tertiary/aromatic N) is 1. The number of carbonyl (C=O) groups excluding carboxylic acids is 1. The molecule has 0 radical (unpaired) electrons. The molecule has 2 atom stereocenters. The van der Waals surface area contributed by atoms with Gasteiger partial charge in [-0.05, 0) is 36.3 Å². The molecule has 3 nitrogen and oxygen atoms in total. The second-order valence-electron chi connectivity index (χ2n) is 5.74. The maximum absolute atomic E-state index is 12.1. The summed E-state index contributed by atoms with van der Waals surface area (Å²) >= 11 is 0. The molecule has 0 spiro atoms. The van der Waals surface area contributed by atoms with E-state index in [2.05, 4.69) is 22.3 Å². The van der Waals surface area contributed by atoms with Gasteiger partial charge in [0.25, 0.3) is 5.91 Å². The van der Waals surface area contributed by atoms with E-state index in [1.165, 1.54) is 30.5 Å². The first-order valence-electron chi connectivity index (χ1n) is 7.00. The van der Waals surface area contributed by atoms with Gasteiger partial charge in [-0.2, -0.15) is 0 Å². The summed E-state index contributed by atoms with van der Waals surface area (Å²) in [6.45, 7) is 2.87. The van der Waals surface area contributed by atoms with Gasteiger partial charge in [0, 0.05) is 19.6 Å². The molecule has 3 aliphatic rings. The molecular formula is C15H18N2O. The zero-order valence-corrected chi connectivity index (χ0v) is 10.5. The van der Waals surface area contributed by atoms with Crippen molar-refractivity contribution >= 4 is 11.6 Å². The number of fused-ring (bicyclic) bond motifs is 2. The van der Waals surface area contributed by atoms with Crippen LogP contribution in [-0.2, 0) is 0 Å². The number of anilines is 1. The minimum atomic E-state index is 0.103. The van der Waals surface area contributed by atoms with Gasteiger partial charge < -0.3 is 10.2 Å². The van der Waals surface area contributed by atoms with Crippen LogP contribution in [0.3, 0.4) is 0 Å². The van der Waals surface area contributed by atoms with E-state index in [-0.39, 0.29) is 5.91 Å². The molecule has 94 valence electrons. The van der Waals surface area contributed by atoms with Crippen LogP contribution in [0.4, 0.5) is 5.69 Å². The Morgan fingerprint density at radius 3 is 3.17 bits per heavy atom.